The largest absolute Gasteiger partial charge is 0.496 e. The maximum Gasteiger partial charge on any atom is 0.267 e. The van der Waals surface area contributed by atoms with Gasteiger partial charge in [-0.2, -0.15) is 0 Å². The third kappa shape index (κ3) is 3.98. The maximum absolute atomic E-state index is 13.2. The van der Waals surface area contributed by atoms with E-state index in [1.165, 1.54) is 25.3 Å². The number of nitrogens with zero attached hydrogens (tertiary/aromatic N) is 1. The Morgan fingerprint density at radius 2 is 1.97 bits per heavy atom. The molecule has 1 N–H and O–H groups in total. The zero-order valence-electron chi connectivity index (χ0n) is 16.6. The van der Waals surface area contributed by atoms with E-state index in [0.29, 0.717) is 23.4 Å². The molecule has 0 aliphatic carbocycles. The van der Waals surface area contributed by atoms with E-state index in [0.717, 1.165) is 9.87 Å². The molecule has 3 rings (SSSR count). The van der Waals surface area contributed by atoms with E-state index < -0.39 is 27.9 Å². The summed E-state index contributed by atoms with van der Waals surface area (Å²) >= 11 is 0. The third-order valence-electron chi connectivity index (χ3n) is 5.04. The Balaban J connectivity index is 1.91. The van der Waals surface area contributed by atoms with Gasteiger partial charge in [0.25, 0.3) is 10.0 Å². The Hall–Kier alpha value is -2.87. The Kier molecular flexibility index (Phi) is 5.93. The quantitative estimate of drug-likeness (QED) is 0.782. The fourth-order valence-electron chi connectivity index (χ4n) is 3.49. The van der Waals surface area contributed by atoms with Crippen LogP contribution in [0.1, 0.15) is 30.9 Å². The summed E-state index contributed by atoms with van der Waals surface area (Å²) in [6.45, 7) is 3.68. The van der Waals surface area contributed by atoms with Crippen molar-refractivity contribution in [3.63, 3.8) is 0 Å². The van der Waals surface area contributed by atoms with Crippen molar-refractivity contribution in [3.8, 4) is 5.75 Å². The number of aryl methyl sites for hydroxylation is 2. The van der Waals surface area contributed by atoms with E-state index in [9.17, 15) is 18.0 Å². The monoisotopic (exact) mass is 416 g/mol. The number of amides is 2. The lowest BCUT2D eigenvalue weighted by Crippen LogP contribution is -2.45. The molecule has 8 heteroatoms. The number of sulfonamides is 1. The summed E-state index contributed by atoms with van der Waals surface area (Å²) in [5.41, 5.74) is 2.18. The van der Waals surface area contributed by atoms with Crippen molar-refractivity contribution in [1.29, 1.82) is 0 Å². The van der Waals surface area contributed by atoms with Gasteiger partial charge in [0, 0.05) is 12.1 Å². The van der Waals surface area contributed by atoms with Gasteiger partial charge in [-0.3, -0.25) is 9.59 Å². The first-order valence-corrected chi connectivity index (χ1v) is 10.8. The second kappa shape index (κ2) is 8.24. The van der Waals surface area contributed by atoms with E-state index in [4.69, 9.17) is 4.74 Å². The number of nitrogens with one attached hydrogen (secondary N) is 1. The summed E-state index contributed by atoms with van der Waals surface area (Å²) in [5, 5.41) is 2.79. The maximum atomic E-state index is 13.2. The standard InChI is InChI=1S/C21H24N2O5S/c1-4-15-7-5-6-8-17(15)22-21(25)18-10-12-20(24)23(18)29(26,27)16-9-11-19(28-3)14(2)13-16/h5-9,11,13,18H,4,10,12H2,1-3H3,(H,22,25)/t18-/m1/s1. The molecule has 1 atom stereocenters. The highest BCUT2D eigenvalue weighted by molar-refractivity contribution is 7.89. The number of carbonyl (C=O) groups is 2. The zero-order valence-corrected chi connectivity index (χ0v) is 17.5. The van der Waals surface area contributed by atoms with E-state index >= 15 is 0 Å². The third-order valence-corrected chi connectivity index (χ3v) is 6.87. The summed E-state index contributed by atoms with van der Waals surface area (Å²) in [5.74, 6) is -0.546. The Morgan fingerprint density at radius 3 is 2.62 bits per heavy atom. The van der Waals surface area contributed by atoms with Gasteiger partial charge < -0.3 is 10.1 Å². The first kappa shape index (κ1) is 20.9. The zero-order chi connectivity index (χ0) is 21.2. The first-order valence-electron chi connectivity index (χ1n) is 9.40. The van der Waals surface area contributed by atoms with Crippen LogP contribution in [0.2, 0.25) is 0 Å². The van der Waals surface area contributed by atoms with Crippen LogP contribution in [0.25, 0.3) is 0 Å². The number of methoxy groups -OCH3 is 1. The molecule has 0 aromatic heterocycles. The molecule has 1 fully saturated rings. The lowest BCUT2D eigenvalue weighted by Gasteiger charge is -2.24. The van der Waals surface area contributed by atoms with Crippen LogP contribution in [0.3, 0.4) is 0 Å². The highest BCUT2D eigenvalue weighted by Gasteiger charge is 2.44. The molecular formula is C21H24N2O5S. The van der Waals surface area contributed by atoms with Crippen molar-refractivity contribution < 1.29 is 22.7 Å². The molecule has 2 aromatic rings. The summed E-state index contributed by atoms with van der Waals surface area (Å²) in [7, 11) is -2.68. The molecule has 1 aliphatic rings. The molecule has 0 spiro atoms. The topological polar surface area (TPSA) is 92.8 Å². The van der Waals surface area contributed by atoms with Gasteiger partial charge in [-0.25, -0.2) is 12.7 Å². The summed E-state index contributed by atoms with van der Waals surface area (Å²) < 4.78 is 32.2. The Labute approximate surface area is 170 Å². The molecule has 154 valence electrons. The number of hydrogen-bond acceptors (Lipinski definition) is 5. The number of anilines is 1. The number of para-hydroxylation sites is 1. The van der Waals surface area contributed by atoms with E-state index in [-0.39, 0.29) is 17.7 Å². The number of rotatable bonds is 6. The molecule has 29 heavy (non-hydrogen) atoms. The SMILES string of the molecule is CCc1ccccc1NC(=O)[C@H]1CCC(=O)N1S(=O)(=O)c1ccc(OC)c(C)c1. The fourth-order valence-corrected chi connectivity index (χ4v) is 5.18. The minimum atomic E-state index is -4.17. The molecule has 0 bridgehead atoms. The predicted molar refractivity (Wildman–Crippen MR) is 109 cm³/mol. The van der Waals surface area contributed by atoms with Gasteiger partial charge in [0.15, 0.2) is 0 Å². The average molecular weight is 416 g/mol. The molecular weight excluding hydrogens is 392 g/mol. The normalized spacial score (nSPS) is 16.7. The molecule has 1 heterocycles. The Bertz CT molecular complexity index is 1050. The van der Waals surface area contributed by atoms with Crippen molar-refractivity contribution in [2.24, 2.45) is 0 Å². The number of ether oxygens (including phenoxy) is 1. The molecule has 2 aromatic carbocycles. The lowest BCUT2D eigenvalue weighted by atomic mass is 10.1. The van der Waals surface area contributed by atoms with Gasteiger partial charge in [-0.15, -0.1) is 0 Å². The predicted octanol–water partition coefficient (Wildman–Crippen LogP) is 2.88. The summed E-state index contributed by atoms with van der Waals surface area (Å²) in [6, 6.07) is 10.6. The lowest BCUT2D eigenvalue weighted by molar-refractivity contribution is -0.128. The molecule has 1 saturated heterocycles. The molecule has 1 aliphatic heterocycles. The molecule has 0 saturated carbocycles. The van der Waals surface area contributed by atoms with E-state index in [1.807, 2.05) is 19.1 Å². The Morgan fingerprint density at radius 1 is 1.24 bits per heavy atom. The summed E-state index contributed by atoms with van der Waals surface area (Å²) in [4.78, 5) is 25.3. The second-order valence-corrected chi connectivity index (χ2v) is 8.70. The van der Waals surface area contributed by atoms with Crippen molar-refractivity contribution in [1.82, 2.24) is 4.31 Å². The average Bonchev–Trinajstić information content (AvgIpc) is 3.10. The van der Waals surface area contributed by atoms with Crippen LogP contribution in [0.15, 0.2) is 47.4 Å². The number of carbonyl (C=O) groups excluding carboxylic acids is 2. The second-order valence-electron chi connectivity index (χ2n) is 6.88. The van der Waals surface area contributed by atoms with Crippen LogP contribution >= 0.6 is 0 Å². The van der Waals surface area contributed by atoms with Crippen LogP contribution in [-0.2, 0) is 26.0 Å². The van der Waals surface area contributed by atoms with Crippen molar-refractivity contribution in [2.45, 2.75) is 44.0 Å². The van der Waals surface area contributed by atoms with Gasteiger partial charge in [-0.1, -0.05) is 25.1 Å². The van der Waals surface area contributed by atoms with Crippen molar-refractivity contribution in [3.05, 3.63) is 53.6 Å². The molecule has 0 unspecified atom stereocenters. The highest BCUT2D eigenvalue weighted by Crippen LogP contribution is 2.30. The van der Waals surface area contributed by atoms with Gasteiger partial charge in [-0.05, 0) is 55.2 Å². The highest BCUT2D eigenvalue weighted by atomic mass is 32.2. The van der Waals surface area contributed by atoms with Crippen LogP contribution in [0.5, 0.6) is 5.75 Å². The van der Waals surface area contributed by atoms with E-state index in [1.54, 1.807) is 19.1 Å². The van der Waals surface area contributed by atoms with Gasteiger partial charge in [0.05, 0.1) is 12.0 Å². The molecule has 2 amide bonds. The van der Waals surface area contributed by atoms with Crippen molar-refractivity contribution in [2.75, 3.05) is 12.4 Å². The van der Waals surface area contributed by atoms with Crippen LogP contribution < -0.4 is 10.1 Å². The van der Waals surface area contributed by atoms with E-state index in [2.05, 4.69) is 5.32 Å². The fraction of sp³-hybridized carbons (Fsp3) is 0.333. The molecule has 7 nitrogen and oxygen atoms in total. The van der Waals surface area contributed by atoms with Crippen LogP contribution in [-0.4, -0.2) is 37.7 Å². The first-order chi connectivity index (χ1) is 13.8. The number of benzene rings is 2. The van der Waals surface area contributed by atoms with Crippen molar-refractivity contribution >= 4 is 27.5 Å². The van der Waals surface area contributed by atoms with Gasteiger partial charge in [0.1, 0.15) is 11.8 Å². The van der Waals surface area contributed by atoms with Crippen LogP contribution in [0.4, 0.5) is 5.69 Å². The smallest absolute Gasteiger partial charge is 0.267 e. The minimum Gasteiger partial charge on any atom is -0.496 e. The minimum absolute atomic E-state index is 0.00186. The van der Waals surface area contributed by atoms with Gasteiger partial charge >= 0.3 is 0 Å². The van der Waals surface area contributed by atoms with Gasteiger partial charge in [0.2, 0.25) is 11.8 Å². The van der Waals surface area contributed by atoms with Crippen LogP contribution in [0, 0.1) is 6.92 Å². The summed E-state index contributed by atoms with van der Waals surface area (Å²) in [6.07, 6.45) is 0.863. The molecule has 0 radical (unpaired) electrons. The number of hydrogen-bond donors (Lipinski definition) is 1.